The third kappa shape index (κ3) is 1.09. The summed E-state index contributed by atoms with van der Waals surface area (Å²) in [6.07, 6.45) is 1.99. The highest BCUT2D eigenvalue weighted by Gasteiger charge is 2.08. The second kappa shape index (κ2) is 2.99. The first kappa shape index (κ1) is 7.94. The van der Waals surface area contributed by atoms with Crippen molar-refractivity contribution < 1.29 is 4.63 Å². The number of aromatic nitrogens is 2. The van der Waals surface area contributed by atoms with Crippen LogP contribution in [0.4, 0.5) is 0 Å². The van der Waals surface area contributed by atoms with E-state index in [2.05, 4.69) is 27.6 Å². The first-order valence-electron chi connectivity index (χ1n) is 3.31. The van der Waals surface area contributed by atoms with Crippen molar-refractivity contribution in [2.45, 2.75) is 9.79 Å². The summed E-state index contributed by atoms with van der Waals surface area (Å²) >= 11 is 5.85. The van der Waals surface area contributed by atoms with Crippen LogP contribution in [0.15, 0.2) is 26.6 Å². The van der Waals surface area contributed by atoms with Crippen LogP contribution in [0.25, 0.3) is 11.0 Å². The van der Waals surface area contributed by atoms with Crippen molar-refractivity contribution in [1.29, 1.82) is 0 Å². The highest BCUT2D eigenvalue weighted by atomic mass is 32.2. The quantitative estimate of drug-likeness (QED) is 0.563. The van der Waals surface area contributed by atoms with E-state index in [-0.39, 0.29) is 0 Å². The SMILES string of the molecule is CSc1ccc(S)c2nonc12. The van der Waals surface area contributed by atoms with Gasteiger partial charge in [-0.25, -0.2) is 4.63 Å². The number of fused-ring (bicyclic) bond motifs is 1. The Morgan fingerprint density at radius 1 is 1.33 bits per heavy atom. The standard InChI is InChI=1S/C7H6N2OS2/c1-12-5-3-2-4(11)6-7(5)9-10-8-6/h2-3,11H,1H3. The lowest BCUT2D eigenvalue weighted by atomic mass is 10.3. The first-order valence-corrected chi connectivity index (χ1v) is 4.98. The van der Waals surface area contributed by atoms with E-state index in [0.717, 1.165) is 20.8 Å². The zero-order chi connectivity index (χ0) is 8.55. The molecule has 5 heteroatoms. The zero-order valence-electron chi connectivity index (χ0n) is 6.31. The average Bonchev–Trinajstić information content (AvgIpc) is 2.54. The van der Waals surface area contributed by atoms with Crippen LogP contribution in [-0.2, 0) is 0 Å². The number of thioether (sulfide) groups is 1. The van der Waals surface area contributed by atoms with E-state index in [1.807, 2.05) is 18.4 Å². The van der Waals surface area contributed by atoms with E-state index in [1.165, 1.54) is 0 Å². The van der Waals surface area contributed by atoms with Crippen LogP contribution in [0, 0.1) is 0 Å². The maximum Gasteiger partial charge on any atom is 0.149 e. The normalized spacial score (nSPS) is 10.8. The van der Waals surface area contributed by atoms with Crippen LogP contribution < -0.4 is 0 Å². The molecule has 0 saturated carbocycles. The molecule has 3 nitrogen and oxygen atoms in total. The van der Waals surface area contributed by atoms with Crippen molar-refractivity contribution in [3.63, 3.8) is 0 Å². The molecule has 2 rings (SSSR count). The summed E-state index contributed by atoms with van der Waals surface area (Å²) in [6, 6.07) is 3.85. The fourth-order valence-corrected chi connectivity index (χ4v) is 1.75. The third-order valence-corrected chi connectivity index (χ3v) is 2.71. The van der Waals surface area contributed by atoms with Gasteiger partial charge in [-0.3, -0.25) is 0 Å². The molecule has 62 valence electrons. The molecule has 1 aromatic heterocycles. The van der Waals surface area contributed by atoms with Gasteiger partial charge in [0.15, 0.2) is 0 Å². The minimum atomic E-state index is 0.727. The Hall–Kier alpha value is -0.680. The largest absolute Gasteiger partial charge is 0.243 e. The minimum Gasteiger partial charge on any atom is -0.243 e. The number of thiol groups is 1. The van der Waals surface area contributed by atoms with E-state index in [0.29, 0.717) is 0 Å². The fraction of sp³-hybridized carbons (Fsp3) is 0.143. The van der Waals surface area contributed by atoms with Gasteiger partial charge in [0.2, 0.25) is 0 Å². The number of nitrogens with zero attached hydrogens (tertiary/aromatic N) is 2. The monoisotopic (exact) mass is 198 g/mol. The van der Waals surface area contributed by atoms with E-state index in [4.69, 9.17) is 0 Å². The van der Waals surface area contributed by atoms with Gasteiger partial charge >= 0.3 is 0 Å². The molecular weight excluding hydrogens is 192 g/mol. The Morgan fingerprint density at radius 3 is 2.83 bits per heavy atom. The number of benzene rings is 1. The molecule has 1 heterocycles. The van der Waals surface area contributed by atoms with Crippen molar-refractivity contribution in [1.82, 2.24) is 10.3 Å². The minimum absolute atomic E-state index is 0.727. The molecule has 0 aliphatic carbocycles. The van der Waals surface area contributed by atoms with Gasteiger partial charge in [-0.2, -0.15) is 0 Å². The summed E-state index contributed by atoms with van der Waals surface area (Å²) in [5.74, 6) is 0. The molecular formula is C7H6N2OS2. The molecule has 0 atom stereocenters. The maximum absolute atomic E-state index is 4.63. The third-order valence-electron chi connectivity index (χ3n) is 1.58. The van der Waals surface area contributed by atoms with Crippen LogP contribution in [0.2, 0.25) is 0 Å². The van der Waals surface area contributed by atoms with Crippen molar-refractivity contribution in [3.05, 3.63) is 12.1 Å². The number of hydrogen-bond acceptors (Lipinski definition) is 5. The van der Waals surface area contributed by atoms with Gasteiger partial charge in [0.05, 0.1) is 0 Å². The van der Waals surface area contributed by atoms with E-state index >= 15 is 0 Å². The van der Waals surface area contributed by atoms with Crippen molar-refractivity contribution in [3.8, 4) is 0 Å². The topological polar surface area (TPSA) is 38.9 Å². The average molecular weight is 198 g/mol. The smallest absolute Gasteiger partial charge is 0.149 e. The zero-order valence-corrected chi connectivity index (χ0v) is 8.02. The second-order valence-electron chi connectivity index (χ2n) is 2.25. The van der Waals surface area contributed by atoms with Gasteiger partial charge < -0.3 is 0 Å². The number of rotatable bonds is 1. The molecule has 0 amide bonds. The molecule has 0 aliphatic heterocycles. The van der Waals surface area contributed by atoms with Gasteiger partial charge in [-0.05, 0) is 28.7 Å². The number of hydrogen-bond donors (Lipinski definition) is 1. The molecule has 12 heavy (non-hydrogen) atoms. The molecule has 2 aromatic rings. The Bertz CT molecular complexity index is 413. The molecule has 0 saturated heterocycles. The Morgan fingerprint density at radius 2 is 2.08 bits per heavy atom. The fourth-order valence-electron chi connectivity index (χ4n) is 0.995. The Labute approximate surface area is 78.9 Å². The molecule has 1 aromatic carbocycles. The lowest BCUT2D eigenvalue weighted by Gasteiger charge is -1.95. The lowest BCUT2D eigenvalue weighted by Crippen LogP contribution is -1.76. The molecule has 0 N–H and O–H groups in total. The molecule has 0 spiro atoms. The lowest BCUT2D eigenvalue weighted by molar-refractivity contribution is 0.314. The van der Waals surface area contributed by atoms with Crippen LogP contribution >= 0.6 is 24.4 Å². The predicted molar refractivity (Wildman–Crippen MR) is 50.8 cm³/mol. The van der Waals surface area contributed by atoms with E-state index in [1.54, 1.807) is 11.8 Å². The van der Waals surface area contributed by atoms with Crippen molar-refractivity contribution in [2.24, 2.45) is 0 Å². The van der Waals surface area contributed by atoms with Crippen LogP contribution in [0.1, 0.15) is 0 Å². The summed E-state index contributed by atoms with van der Waals surface area (Å²) < 4.78 is 4.63. The summed E-state index contributed by atoms with van der Waals surface area (Å²) in [5.41, 5.74) is 1.51. The summed E-state index contributed by atoms with van der Waals surface area (Å²) in [7, 11) is 0. The second-order valence-corrected chi connectivity index (χ2v) is 3.58. The summed E-state index contributed by atoms with van der Waals surface area (Å²) in [5, 5.41) is 7.55. The summed E-state index contributed by atoms with van der Waals surface area (Å²) in [4.78, 5) is 1.85. The predicted octanol–water partition coefficient (Wildman–Crippen LogP) is 2.23. The van der Waals surface area contributed by atoms with Crippen molar-refractivity contribution >= 4 is 35.4 Å². The summed E-state index contributed by atoms with van der Waals surface area (Å²) in [6.45, 7) is 0. The van der Waals surface area contributed by atoms with Gasteiger partial charge in [-0.1, -0.05) is 0 Å². The Balaban J connectivity index is 2.82. The van der Waals surface area contributed by atoms with Gasteiger partial charge in [-0.15, -0.1) is 24.4 Å². The van der Waals surface area contributed by atoms with E-state index < -0.39 is 0 Å². The Kier molecular flexibility index (Phi) is 1.98. The maximum atomic E-state index is 4.63. The molecule has 0 fully saturated rings. The molecule has 0 unspecified atom stereocenters. The van der Waals surface area contributed by atoms with Crippen LogP contribution in [0.5, 0.6) is 0 Å². The van der Waals surface area contributed by atoms with Crippen LogP contribution in [-0.4, -0.2) is 16.6 Å². The van der Waals surface area contributed by atoms with Gasteiger partial charge in [0.25, 0.3) is 0 Å². The highest BCUT2D eigenvalue weighted by Crippen LogP contribution is 2.27. The molecule has 0 bridgehead atoms. The van der Waals surface area contributed by atoms with Gasteiger partial charge in [0.1, 0.15) is 11.0 Å². The molecule has 0 aliphatic rings. The van der Waals surface area contributed by atoms with Gasteiger partial charge in [0, 0.05) is 9.79 Å². The molecule has 0 radical (unpaired) electrons. The van der Waals surface area contributed by atoms with Crippen molar-refractivity contribution in [2.75, 3.05) is 6.26 Å². The first-order chi connectivity index (χ1) is 5.83. The highest BCUT2D eigenvalue weighted by molar-refractivity contribution is 7.98. The van der Waals surface area contributed by atoms with E-state index in [9.17, 15) is 0 Å². The van der Waals surface area contributed by atoms with Crippen LogP contribution in [0.3, 0.4) is 0 Å².